The molecule has 2 amide bonds. The number of carbonyl (C=O) groups excluding carboxylic acids is 2. The molecule has 1 spiro atoms. The van der Waals surface area contributed by atoms with E-state index in [4.69, 9.17) is 0 Å². The predicted octanol–water partition coefficient (Wildman–Crippen LogP) is 3.00. The Morgan fingerprint density at radius 1 is 1.29 bits per heavy atom. The average Bonchev–Trinajstić information content (AvgIpc) is 2.58. The highest BCUT2D eigenvalue weighted by atomic mass is 19.1. The minimum atomic E-state index is -0.496. The summed E-state index contributed by atoms with van der Waals surface area (Å²) in [6.07, 6.45) is 5.72. The van der Waals surface area contributed by atoms with Crippen molar-refractivity contribution in [2.24, 2.45) is 0 Å². The largest absolute Gasteiger partial charge is 0.336 e. The van der Waals surface area contributed by atoms with Gasteiger partial charge in [-0.3, -0.25) is 9.59 Å². The van der Waals surface area contributed by atoms with Gasteiger partial charge in [-0.1, -0.05) is 18.2 Å². The van der Waals surface area contributed by atoms with E-state index >= 15 is 0 Å². The average molecular weight is 330 g/mol. The van der Waals surface area contributed by atoms with Crippen molar-refractivity contribution in [3.8, 4) is 0 Å². The number of piperidine rings is 2. The summed E-state index contributed by atoms with van der Waals surface area (Å²) < 4.78 is 14.0. The Bertz CT molecular complexity index is 657. The third-order valence-corrected chi connectivity index (χ3v) is 5.16. The standard InChI is InChI=1S/C19H23FN2O2/c1-2-12-22-17(23)9-5-10-19(22)11-6-13-21(14-19)18(24)15-7-3-4-8-16(15)20/h2-4,7-8H,1,5-6,9-14H2. The summed E-state index contributed by atoms with van der Waals surface area (Å²) in [5.74, 6) is -0.658. The molecule has 24 heavy (non-hydrogen) atoms. The maximum absolute atomic E-state index is 14.0. The highest BCUT2D eigenvalue weighted by molar-refractivity contribution is 5.94. The zero-order chi connectivity index (χ0) is 17.2. The van der Waals surface area contributed by atoms with Gasteiger partial charge in [0.2, 0.25) is 5.91 Å². The lowest BCUT2D eigenvalue weighted by atomic mass is 9.79. The second kappa shape index (κ2) is 6.75. The molecular formula is C19H23FN2O2. The Balaban J connectivity index is 1.85. The van der Waals surface area contributed by atoms with E-state index in [1.54, 1.807) is 23.1 Å². The van der Waals surface area contributed by atoms with Crippen molar-refractivity contribution in [1.29, 1.82) is 0 Å². The van der Waals surface area contributed by atoms with E-state index in [1.807, 2.05) is 4.90 Å². The smallest absolute Gasteiger partial charge is 0.256 e. The topological polar surface area (TPSA) is 40.6 Å². The van der Waals surface area contributed by atoms with Crippen LogP contribution in [0.1, 0.15) is 42.5 Å². The van der Waals surface area contributed by atoms with Gasteiger partial charge in [0.05, 0.1) is 11.1 Å². The maximum Gasteiger partial charge on any atom is 0.256 e. The van der Waals surface area contributed by atoms with Crippen LogP contribution < -0.4 is 0 Å². The molecule has 1 aromatic rings. The van der Waals surface area contributed by atoms with Gasteiger partial charge in [-0.15, -0.1) is 6.58 Å². The number of hydrogen-bond donors (Lipinski definition) is 0. The molecule has 5 heteroatoms. The van der Waals surface area contributed by atoms with E-state index in [-0.39, 0.29) is 22.9 Å². The molecule has 2 aliphatic rings. The van der Waals surface area contributed by atoms with Crippen LogP contribution in [0.4, 0.5) is 4.39 Å². The first-order chi connectivity index (χ1) is 11.6. The predicted molar refractivity (Wildman–Crippen MR) is 90.0 cm³/mol. The third-order valence-electron chi connectivity index (χ3n) is 5.16. The summed E-state index contributed by atoms with van der Waals surface area (Å²) in [6.45, 7) is 5.33. The van der Waals surface area contributed by atoms with Crippen LogP contribution in [0.25, 0.3) is 0 Å². The number of rotatable bonds is 3. The molecule has 2 aliphatic heterocycles. The molecule has 0 N–H and O–H groups in total. The first kappa shape index (κ1) is 16.7. The van der Waals surface area contributed by atoms with Crippen molar-refractivity contribution in [3.05, 3.63) is 48.3 Å². The fourth-order valence-corrected chi connectivity index (χ4v) is 4.04. The minimum Gasteiger partial charge on any atom is -0.336 e. The first-order valence-electron chi connectivity index (χ1n) is 8.52. The van der Waals surface area contributed by atoms with E-state index < -0.39 is 5.82 Å². The van der Waals surface area contributed by atoms with Gasteiger partial charge in [-0.2, -0.15) is 0 Å². The normalized spacial score (nSPS) is 24.3. The van der Waals surface area contributed by atoms with E-state index in [0.29, 0.717) is 26.1 Å². The number of benzene rings is 1. The number of halogens is 1. The number of nitrogens with zero attached hydrogens (tertiary/aromatic N) is 2. The zero-order valence-corrected chi connectivity index (χ0v) is 13.8. The molecule has 1 atom stereocenters. The molecule has 128 valence electrons. The second-order valence-electron chi connectivity index (χ2n) is 6.68. The van der Waals surface area contributed by atoms with Gasteiger partial charge in [0.25, 0.3) is 5.91 Å². The molecule has 0 saturated carbocycles. The fraction of sp³-hybridized carbons (Fsp3) is 0.474. The molecule has 0 bridgehead atoms. The van der Waals surface area contributed by atoms with Crippen LogP contribution in [-0.2, 0) is 4.79 Å². The molecule has 0 aliphatic carbocycles. The van der Waals surface area contributed by atoms with Crippen molar-refractivity contribution in [1.82, 2.24) is 9.80 Å². The van der Waals surface area contributed by atoms with Gasteiger partial charge >= 0.3 is 0 Å². The minimum absolute atomic E-state index is 0.104. The van der Waals surface area contributed by atoms with Gasteiger partial charge in [0.1, 0.15) is 5.82 Å². The lowest BCUT2D eigenvalue weighted by Gasteiger charge is -2.52. The van der Waals surface area contributed by atoms with Gasteiger partial charge in [-0.25, -0.2) is 4.39 Å². The molecular weight excluding hydrogens is 307 g/mol. The van der Waals surface area contributed by atoms with E-state index in [9.17, 15) is 14.0 Å². The third kappa shape index (κ3) is 2.95. The molecule has 1 unspecified atom stereocenters. The van der Waals surface area contributed by atoms with E-state index in [1.165, 1.54) is 12.1 Å². The molecule has 0 radical (unpaired) electrons. The zero-order valence-electron chi connectivity index (χ0n) is 13.8. The van der Waals surface area contributed by atoms with Gasteiger partial charge in [0.15, 0.2) is 0 Å². The second-order valence-corrected chi connectivity index (χ2v) is 6.68. The molecule has 4 nitrogen and oxygen atoms in total. The molecule has 2 heterocycles. The van der Waals surface area contributed by atoms with Crippen molar-refractivity contribution in [2.45, 2.75) is 37.6 Å². The van der Waals surface area contributed by atoms with Crippen LogP contribution in [0.2, 0.25) is 0 Å². The number of likely N-dealkylation sites (tertiary alicyclic amines) is 2. The van der Waals surface area contributed by atoms with Crippen LogP contribution >= 0.6 is 0 Å². The summed E-state index contributed by atoms with van der Waals surface area (Å²) in [7, 11) is 0. The summed E-state index contributed by atoms with van der Waals surface area (Å²) in [5, 5.41) is 0. The van der Waals surface area contributed by atoms with Crippen molar-refractivity contribution < 1.29 is 14.0 Å². The van der Waals surface area contributed by atoms with Crippen LogP contribution in [0.3, 0.4) is 0 Å². The highest BCUT2D eigenvalue weighted by Crippen LogP contribution is 2.37. The van der Waals surface area contributed by atoms with Gasteiger partial charge in [0, 0.05) is 26.1 Å². The Morgan fingerprint density at radius 3 is 2.79 bits per heavy atom. The Hall–Kier alpha value is -2.17. The SMILES string of the molecule is C=CCN1C(=O)CCCC12CCCN(C(=O)c1ccccc1F)C2. The van der Waals surface area contributed by atoms with Crippen molar-refractivity contribution in [2.75, 3.05) is 19.6 Å². The molecule has 0 aromatic heterocycles. The van der Waals surface area contributed by atoms with Crippen LogP contribution in [0, 0.1) is 5.82 Å². The lowest BCUT2D eigenvalue weighted by molar-refractivity contribution is -0.143. The number of carbonyl (C=O) groups is 2. The molecule has 1 aromatic carbocycles. The Morgan fingerprint density at radius 2 is 2.04 bits per heavy atom. The van der Waals surface area contributed by atoms with Crippen LogP contribution in [-0.4, -0.2) is 46.8 Å². The molecule has 2 fully saturated rings. The Kier molecular flexibility index (Phi) is 4.69. The summed E-state index contributed by atoms with van der Waals surface area (Å²) in [4.78, 5) is 28.7. The molecule has 3 rings (SSSR count). The number of hydrogen-bond acceptors (Lipinski definition) is 2. The van der Waals surface area contributed by atoms with Gasteiger partial charge < -0.3 is 9.80 Å². The van der Waals surface area contributed by atoms with Gasteiger partial charge in [-0.05, 0) is 37.8 Å². The van der Waals surface area contributed by atoms with E-state index in [0.717, 1.165) is 25.7 Å². The van der Waals surface area contributed by atoms with Crippen LogP contribution in [0.15, 0.2) is 36.9 Å². The fourth-order valence-electron chi connectivity index (χ4n) is 4.04. The summed E-state index contributed by atoms with van der Waals surface area (Å²) >= 11 is 0. The maximum atomic E-state index is 14.0. The Labute approximate surface area is 141 Å². The summed E-state index contributed by atoms with van der Waals surface area (Å²) in [5.41, 5.74) is -0.227. The van der Waals surface area contributed by atoms with Crippen LogP contribution in [0.5, 0.6) is 0 Å². The summed E-state index contributed by atoms with van der Waals surface area (Å²) in [6, 6.07) is 6.08. The first-order valence-corrected chi connectivity index (χ1v) is 8.52. The monoisotopic (exact) mass is 330 g/mol. The highest BCUT2D eigenvalue weighted by Gasteiger charge is 2.45. The lowest BCUT2D eigenvalue weighted by Crippen LogP contribution is -2.63. The van der Waals surface area contributed by atoms with Crippen molar-refractivity contribution >= 4 is 11.8 Å². The number of amides is 2. The molecule has 2 saturated heterocycles. The quantitative estimate of drug-likeness (QED) is 0.800. The van der Waals surface area contributed by atoms with Crippen molar-refractivity contribution in [3.63, 3.8) is 0 Å². The van der Waals surface area contributed by atoms with E-state index in [2.05, 4.69) is 6.58 Å².